The van der Waals surface area contributed by atoms with E-state index in [0.29, 0.717) is 0 Å². The molecule has 0 spiro atoms. The molecule has 0 bridgehead atoms. The van der Waals surface area contributed by atoms with Gasteiger partial charge in [-0.25, -0.2) is 0 Å². The molecule has 1 aromatic carbocycles. The van der Waals surface area contributed by atoms with Gasteiger partial charge in [-0.2, -0.15) is 5.10 Å². The Balaban J connectivity index is 2.89. The number of fused-ring (bicyclic) bond motifs is 1. The fourth-order valence-corrected chi connectivity index (χ4v) is 1.56. The van der Waals surface area contributed by atoms with Crippen molar-refractivity contribution in [1.29, 1.82) is 0 Å². The van der Waals surface area contributed by atoms with Crippen molar-refractivity contribution < 1.29 is 10.0 Å². The zero-order chi connectivity index (χ0) is 12.4. The second-order valence-electron chi connectivity index (χ2n) is 3.27. The molecule has 2 aromatic rings. The summed E-state index contributed by atoms with van der Waals surface area (Å²) in [5, 5.41) is 24.3. The number of hydrazone groups is 1. The Labute approximate surface area is 95.4 Å². The number of nitrogens with zero attached hydrogens (tertiary/aromatic N) is 3. The standard InChI is InChI=1S/C10H8N4O3/c11-13-5-6-4-8(14(16)17)7-2-1-3-12-9(7)10(6)15/h1-5,15H,11H2/b13-5+. The summed E-state index contributed by atoms with van der Waals surface area (Å²) in [6.45, 7) is 0. The maximum Gasteiger partial charge on any atom is 0.279 e. The van der Waals surface area contributed by atoms with Crippen LogP contribution in [0.5, 0.6) is 5.75 Å². The van der Waals surface area contributed by atoms with Gasteiger partial charge in [0.25, 0.3) is 5.69 Å². The summed E-state index contributed by atoms with van der Waals surface area (Å²) in [5.41, 5.74) is 0.155. The quantitative estimate of drug-likeness (QED) is 0.348. The first-order chi connectivity index (χ1) is 8.15. The summed E-state index contributed by atoms with van der Waals surface area (Å²) in [7, 11) is 0. The number of phenols is 1. The predicted molar refractivity (Wildman–Crippen MR) is 61.8 cm³/mol. The third kappa shape index (κ3) is 1.73. The van der Waals surface area contributed by atoms with Gasteiger partial charge in [0.2, 0.25) is 0 Å². The maximum atomic E-state index is 10.9. The number of phenolic OH excluding ortho intramolecular Hbond substituents is 1. The fourth-order valence-electron chi connectivity index (χ4n) is 1.56. The van der Waals surface area contributed by atoms with Crippen LogP contribution >= 0.6 is 0 Å². The molecule has 7 nitrogen and oxygen atoms in total. The Morgan fingerprint density at radius 3 is 3.00 bits per heavy atom. The van der Waals surface area contributed by atoms with E-state index in [2.05, 4.69) is 10.1 Å². The second kappa shape index (κ2) is 4.05. The van der Waals surface area contributed by atoms with Crippen LogP contribution in [0.4, 0.5) is 5.69 Å². The highest BCUT2D eigenvalue weighted by Gasteiger charge is 2.18. The molecule has 0 aliphatic heterocycles. The van der Waals surface area contributed by atoms with Crippen LogP contribution in [0.2, 0.25) is 0 Å². The summed E-state index contributed by atoms with van der Waals surface area (Å²) in [5.74, 6) is 4.79. The highest BCUT2D eigenvalue weighted by molar-refractivity contribution is 6.00. The first-order valence-corrected chi connectivity index (χ1v) is 4.63. The van der Waals surface area contributed by atoms with E-state index in [1.807, 2.05) is 0 Å². The number of aromatic hydroxyl groups is 1. The average Bonchev–Trinajstić information content (AvgIpc) is 2.32. The minimum atomic E-state index is -0.544. The summed E-state index contributed by atoms with van der Waals surface area (Å²) in [6.07, 6.45) is 2.58. The lowest BCUT2D eigenvalue weighted by atomic mass is 10.1. The van der Waals surface area contributed by atoms with Gasteiger partial charge in [-0.3, -0.25) is 15.1 Å². The molecule has 0 aliphatic carbocycles. The number of aromatic nitrogens is 1. The van der Waals surface area contributed by atoms with Gasteiger partial charge in [-0.1, -0.05) is 0 Å². The average molecular weight is 232 g/mol. The lowest BCUT2D eigenvalue weighted by molar-refractivity contribution is -0.383. The summed E-state index contributed by atoms with van der Waals surface area (Å²) in [6, 6.07) is 4.28. The molecule has 86 valence electrons. The van der Waals surface area contributed by atoms with E-state index in [9.17, 15) is 15.2 Å². The molecule has 0 aliphatic rings. The van der Waals surface area contributed by atoms with Gasteiger partial charge in [0.05, 0.1) is 16.5 Å². The van der Waals surface area contributed by atoms with Gasteiger partial charge in [-0.05, 0) is 12.1 Å². The Kier molecular flexibility index (Phi) is 2.57. The molecule has 0 unspecified atom stereocenters. The third-order valence-electron chi connectivity index (χ3n) is 2.28. The van der Waals surface area contributed by atoms with Crippen molar-refractivity contribution in [2.75, 3.05) is 0 Å². The van der Waals surface area contributed by atoms with Crippen LogP contribution in [0.15, 0.2) is 29.5 Å². The number of benzene rings is 1. The Hall–Kier alpha value is -2.70. The van der Waals surface area contributed by atoms with Gasteiger partial charge in [-0.15, -0.1) is 0 Å². The van der Waals surface area contributed by atoms with Crippen LogP contribution in [-0.2, 0) is 0 Å². The molecule has 0 saturated carbocycles. The molecule has 1 heterocycles. The topological polar surface area (TPSA) is 115 Å². The Morgan fingerprint density at radius 2 is 2.35 bits per heavy atom. The molecule has 1 aromatic heterocycles. The summed E-state index contributed by atoms with van der Waals surface area (Å²) < 4.78 is 0. The normalized spacial score (nSPS) is 11.1. The molecule has 7 heteroatoms. The first kappa shape index (κ1) is 10.8. The highest BCUT2D eigenvalue weighted by atomic mass is 16.6. The van der Waals surface area contributed by atoms with Crippen molar-refractivity contribution >= 4 is 22.8 Å². The SMILES string of the molecule is N/N=C/c1cc([N+](=O)[O-])c2cccnc2c1O. The minimum Gasteiger partial charge on any atom is -0.505 e. The number of nitro groups is 1. The van der Waals surface area contributed by atoms with E-state index in [1.165, 1.54) is 18.3 Å². The second-order valence-corrected chi connectivity index (χ2v) is 3.27. The molecular formula is C10H8N4O3. The number of hydrogen-bond acceptors (Lipinski definition) is 6. The van der Waals surface area contributed by atoms with Crippen molar-refractivity contribution in [3.63, 3.8) is 0 Å². The molecule has 0 fully saturated rings. The van der Waals surface area contributed by atoms with E-state index < -0.39 is 4.92 Å². The van der Waals surface area contributed by atoms with Gasteiger partial charge in [0.15, 0.2) is 5.75 Å². The maximum absolute atomic E-state index is 10.9. The van der Waals surface area contributed by atoms with E-state index in [4.69, 9.17) is 5.84 Å². The lowest BCUT2D eigenvalue weighted by Crippen LogP contribution is -1.95. The molecule has 17 heavy (non-hydrogen) atoms. The third-order valence-corrected chi connectivity index (χ3v) is 2.28. The van der Waals surface area contributed by atoms with E-state index >= 15 is 0 Å². The minimum absolute atomic E-state index is 0.150. The Bertz CT molecular complexity index is 624. The van der Waals surface area contributed by atoms with Crippen molar-refractivity contribution in [2.24, 2.45) is 10.9 Å². The number of hydrogen-bond donors (Lipinski definition) is 2. The molecule has 0 amide bonds. The number of nitrogens with two attached hydrogens (primary N) is 1. The first-order valence-electron chi connectivity index (χ1n) is 4.63. The monoisotopic (exact) mass is 232 g/mol. The van der Waals surface area contributed by atoms with Crippen molar-refractivity contribution in [3.05, 3.63) is 40.1 Å². The van der Waals surface area contributed by atoms with E-state index in [-0.39, 0.29) is 27.9 Å². The van der Waals surface area contributed by atoms with E-state index in [1.54, 1.807) is 6.07 Å². The molecule has 2 rings (SSSR count). The number of nitro benzene ring substituents is 1. The predicted octanol–water partition coefficient (Wildman–Crippen LogP) is 1.14. The van der Waals surface area contributed by atoms with Crippen LogP contribution in [0.1, 0.15) is 5.56 Å². The van der Waals surface area contributed by atoms with Crippen LogP contribution in [0.3, 0.4) is 0 Å². The largest absolute Gasteiger partial charge is 0.505 e. The van der Waals surface area contributed by atoms with Gasteiger partial charge >= 0.3 is 0 Å². The van der Waals surface area contributed by atoms with Crippen LogP contribution in [-0.4, -0.2) is 21.2 Å². The van der Waals surface area contributed by atoms with Crippen molar-refractivity contribution in [1.82, 2.24) is 4.98 Å². The molecule has 0 radical (unpaired) electrons. The smallest absolute Gasteiger partial charge is 0.279 e. The summed E-state index contributed by atoms with van der Waals surface area (Å²) in [4.78, 5) is 14.3. The fraction of sp³-hybridized carbons (Fsp3) is 0. The van der Waals surface area contributed by atoms with Gasteiger partial charge in [0, 0.05) is 17.8 Å². The van der Waals surface area contributed by atoms with Crippen LogP contribution < -0.4 is 5.84 Å². The van der Waals surface area contributed by atoms with Gasteiger partial charge < -0.3 is 10.9 Å². The number of pyridine rings is 1. The molecular weight excluding hydrogens is 224 g/mol. The van der Waals surface area contributed by atoms with Gasteiger partial charge in [0.1, 0.15) is 5.52 Å². The van der Waals surface area contributed by atoms with Crippen LogP contribution in [0, 0.1) is 10.1 Å². The van der Waals surface area contributed by atoms with Crippen molar-refractivity contribution in [2.45, 2.75) is 0 Å². The zero-order valence-corrected chi connectivity index (χ0v) is 8.57. The number of non-ortho nitro benzene ring substituents is 1. The molecule has 3 N–H and O–H groups in total. The van der Waals surface area contributed by atoms with Crippen LogP contribution in [0.25, 0.3) is 10.9 Å². The Morgan fingerprint density at radius 1 is 1.59 bits per heavy atom. The molecule has 0 atom stereocenters. The lowest BCUT2D eigenvalue weighted by Gasteiger charge is -2.04. The number of rotatable bonds is 2. The molecule has 0 saturated heterocycles. The van der Waals surface area contributed by atoms with Crippen molar-refractivity contribution in [3.8, 4) is 5.75 Å². The highest BCUT2D eigenvalue weighted by Crippen LogP contribution is 2.33. The zero-order valence-electron chi connectivity index (χ0n) is 8.57. The summed E-state index contributed by atoms with van der Waals surface area (Å²) >= 11 is 0. The van der Waals surface area contributed by atoms with E-state index in [0.717, 1.165) is 6.21 Å².